The van der Waals surface area contributed by atoms with Crippen molar-refractivity contribution < 1.29 is 24.7 Å². The highest BCUT2D eigenvalue weighted by molar-refractivity contribution is 6.32. The lowest BCUT2D eigenvalue weighted by Crippen LogP contribution is -2.36. The Hall–Kier alpha value is -3.46. The summed E-state index contributed by atoms with van der Waals surface area (Å²) in [4.78, 5) is 22.6. The molecular weight excluding hydrogens is 448 g/mol. The first-order valence-electron chi connectivity index (χ1n) is 10.3. The SMILES string of the molecule is O=C(NCC(O)C(O)c1ccc(Cl)c([N+](=O)[O-])c1)OCC1c2ccccc2-c2ccccc21. The molecule has 0 spiro atoms. The second-order valence-corrected chi connectivity index (χ2v) is 8.09. The zero-order valence-corrected chi connectivity index (χ0v) is 18.1. The van der Waals surface area contributed by atoms with Crippen molar-refractivity contribution in [2.75, 3.05) is 13.2 Å². The first-order valence-corrected chi connectivity index (χ1v) is 10.6. The van der Waals surface area contributed by atoms with Crippen LogP contribution in [0.2, 0.25) is 5.02 Å². The number of carbonyl (C=O) groups is 1. The summed E-state index contributed by atoms with van der Waals surface area (Å²) < 4.78 is 5.39. The van der Waals surface area contributed by atoms with E-state index in [1.54, 1.807) is 0 Å². The number of nitrogens with one attached hydrogen (secondary N) is 1. The van der Waals surface area contributed by atoms with Crippen molar-refractivity contribution in [2.24, 2.45) is 0 Å². The molecule has 0 saturated carbocycles. The molecular formula is C24H21ClN2O6. The number of aliphatic hydroxyl groups excluding tert-OH is 2. The molecule has 4 rings (SSSR count). The predicted molar refractivity (Wildman–Crippen MR) is 122 cm³/mol. The average Bonchev–Trinajstić information content (AvgIpc) is 3.14. The highest BCUT2D eigenvalue weighted by Gasteiger charge is 2.29. The highest BCUT2D eigenvalue weighted by atomic mass is 35.5. The molecule has 1 aliphatic rings. The second kappa shape index (κ2) is 9.58. The third kappa shape index (κ3) is 4.68. The van der Waals surface area contributed by atoms with E-state index in [9.17, 15) is 25.1 Å². The van der Waals surface area contributed by atoms with Gasteiger partial charge in [-0.15, -0.1) is 0 Å². The van der Waals surface area contributed by atoms with Crippen LogP contribution >= 0.6 is 11.6 Å². The number of carbonyl (C=O) groups excluding carboxylic acids is 1. The molecule has 0 saturated heterocycles. The number of alkyl carbamates (subject to hydrolysis) is 1. The van der Waals surface area contributed by atoms with E-state index in [4.69, 9.17) is 16.3 Å². The third-order valence-electron chi connectivity index (χ3n) is 5.67. The van der Waals surface area contributed by atoms with Gasteiger partial charge < -0.3 is 20.3 Å². The summed E-state index contributed by atoms with van der Waals surface area (Å²) in [6.45, 7) is -0.198. The molecule has 170 valence electrons. The number of nitro benzene ring substituents is 1. The van der Waals surface area contributed by atoms with Crippen molar-refractivity contribution in [1.82, 2.24) is 5.32 Å². The Morgan fingerprint density at radius 2 is 1.67 bits per heavy atom. The molecule has 8 nitrogen and oxygen atoms in total. The molecule has 9 heteroatoms. The number of nitrogens with zero attached hydrogens (tertiary/aromatic N) is 1. The maximum absolute atomic E-state index is 12.2. The number of amides is 1. The van der Waals surface area contributed by atoms with Crippen LogP contribution in [0.1, 0.15) is 28.7 Å². The molecule has 1 amide bonds. The van der Waals surface area contributed by atoms with Gasteiger partial charge >= 0.3 is 6.09 Å². The Kier molecular flexibility index (Phi) is 6.60. The number of fused-ring (bicyclic) bond motifs is 3. The van der Waals surface area contributed by atoms with Crippen LogP contribution in [0.25, 0.3) is 11.1 Å². The average molecular weight is 469 g/mol. The monoisotopic (exact) mass is 468 g/mol. The number of halogens is 1. The first kappa shape index (κ1) is 22.7. The fraction of sp³-hybridized carbons (Fsp3) is 0.208. The normalized spacial score (nSPS) is 14.2. The van der Waals surface area contributed by atoms with Gasteiger partial charge in [0.05, 0.1) is 4.92 Å². The van der Waals surface area contributed by atoms with Gasteiger partial charge in [0.2, 0.25) is 0 Å². The summed E-state index contributed by atoms with van der Waals surface area (Å²) in [6, 6.07) is 19.6. The van der Waals surface area contributed by atoms with Crippen molar-refractivity contribution in [3.05, 3.63) is 98.6 Å². The number of benzene rings is 3. The molecule has 1 aliphatic carbocycles. The molecule has 2 unspecified atom stereocenters. The van der Waals surface area contributed by atoms with Gasteiger partial charge in [0.1, 0.15) is 23.8 Å². The number of nitro groups is 1. The third-order valence-corrected chi connectivity index (χ3v) is 5.99. The van der Waals surface area contributed by atoms with Gasteiger partial charge in [-0.3, -0.25) is 10.1 Å². The fourth-order valence-corrected chi connectivity index (χ4v) is 4.21. The van der Waals surface area contributed by atoms with Crippen LogP contribution in [0, 0.1) is 10.1 Å². The van der Waals surface area contributed by atoms with Crippen LogP contribution in [0.15, 0.2) is 66.7 Å². The molecule has 0 aliphatic heterocycles. The zero-order chi connectivity index (χ0) is 23.5. The van der Waals surface area contributed by atoms with E-state index in [0.717, 1.165) is 28.3 Å². The number of hydrogen-bond acceptors (Lipinski definition) is 6. The lowest BCUT2D eigenvalue weighted by molar-refractivity contribution is -0.384. The summed E-state index contributed by atoms with van der Waals surface area (Å²) in [5, 5.41) is 33.9. The van der Waals surface area contributed by atoms with Gasteiger partial charge in [-0.05, 0) is 33.9 Å². The molecule has 0 heterocycles. The molecule has 0 radical (unpaired) electrons. The van der Waals surface area contributed by atoms with E-state index >= 15 is 0 Å². The van der Waals surface area contributed by atoms with Crippen molar-refractivity contribution >= 4 is 23.4 Å². The zero-order valence-electron chi connectivity index (χ0n) is 17.3. The van der Waals surface area contributed by atoms with E-state index in [-0.39, 0.29) is 35.3 Å². The summed E-state index contributed by atoms with van der Waals surface area (Å²) in [5.74, 6) is -0.103. The smallest absolute Gasteiger partial charge is 0.407 e. The predicted octanol–water partition coefficient (Wildman–Crippen LogP) is 4.18. The van der Waals surface area contributed by atoms with Crippen molar-refractivity contribution in [3.63, 3.8) is 0 Å². The Morgan fingerprint density at radius 3 is 2.27 bits per heavy atom. The quantitative estimate of drug-likeness (QED) is 0.353. The Labute approximate surface area is 194 Å². The number of hydrogen-bond donors (Lipinski definition) is 3. The lowest BCUT2D eigenvalue weighted by atomic mass is 9.98. The second-order valence-electron chi connectivity index (χ2n) is 7.69. The van der Waals surface area contributed by atoms with Crippen LogP contribution < -0.4 is 5.32 Å². The fourth-order valence-electron chi connectivity index (χ4n) is 4.02. The minimum absolute atomic E-state index is 0.0813. The largest absolute Gasteiger partial charge is 0.449 e. The van der Waals surface area contributed by atoms with E-state index in [0.29, 0.717) is 0 Å². The molecule has 0 bridgehead atoms. The molecule has 2 atom stereocenters. The summed E-state index contributed by atoms with van der Waals surface area (Å²) >= 11 is 5.77. The lowest BCUT2D eigenvalue weighted by Gasteiger charge is -2.19. The molecule has 0 aromatic heterocycles. The summed E-state index contributed by atoms with van der Waals surface area (Å²) in [7, 11) is 0. The topological polar surface area (TPSA) is 122 Å². The maximum Gasteiger partial charge on any atom is 0.407 e. The number of aliphatic hydroxyl groups is 2. The van der Waals surface area contributed by atoms with Crippen molar-refractivity contribution in [3.8, 4) is 11.1 Å². The first-order chi connectivity index (χ1) is 15.9. The molecule has 0 fully saturated rings. The van der Waals surface area contributed by atoms with Gasteiger partial charge in [0.25, 0.3) is 5.69 Å². The Balaban J connectivity index is 1.35. The number of ether oxygens (including phenoxy) is 1. The van der Waals surface area contributed by atoms with Crippen molar-refractivity contribution in [2.45, 2.75) is 18.1 Å². The van der Waals surface area contributed by atoms with Crippen LogP contribution in [0.4, 0.5) is 10.5 Å². The van der Waals surface area contributed by atoms with E-state index in [1.165, 1.54) is 12.1 Å². The van der Waals surface area contributed by atoms with Crippen LogP contribution in [0.3, 0.4) is 0 Å². The van der Waals surface area contributed by atoms with Gasteiger partial charge in [-0.2, -0.15) is 0 Å². The molecule has 3 aromatic rings. The van der Waals surface area contributed by atoms with E-state index in [1.807, 2.05) is 48.5 Å². The van der Waals surface area contributed by atoms with Gasteiger partial charge in [-0.1, -0.05) is 66.2 Å². The summed E-state index contributed by atoms with van der Waals surface area (Å²) in [6.07, 6.45) is -3.62. The van der Waals surface area contributed by atoms with E-state index in [2.05, 4.69) is 5.32 Å². The Bertz CT molecular complexity index is 1160. The van der Waals surface area contributed by atoms with Crippen LogP contribution in [-0.2, 0) is 4.74 Å². The molecule has 33 heavy (non-hydrogen) atoms. The standard InChI is InChI=1S/C24H21ClN2O6/c25-20-10-9-14(11-21(20)27(31)32)23(29)22(28)12-26-24(30)33-13-19-17-7-3-1-5-15(17)16-6-2-4-8-18(16)19/h1-11,19,22-23,28-29H,12-13H2,(H,26,30). The summed E-state index contributed by atoms with van der Waals surface area (Å²) in [5.41, 5.74) is 4.09. The molecule has 3 aromatic carbocycles. The Morgan fingerprint density at radius 1 is 1.06 bits per heavy atom. The highest BCUT2D eigenvalue weighted by Crippen LogP contribution is 2.44. The number of rotatable bonds is 7. The van der Waals surface area contributed by atoms with Crippen LogP contribution in [0.5, 0.6) is 0 Å². The minimum Gasteiger partial charge on any atom is -0.449 e. The van der Waals surface area contributed by atoms with Gasteiger partial charge in [0, 0.05) is 18.5 Å². The maximum atomic E-state index is 12.2. The van der Waals surface area contributed by atoms with Gasteiger partial charge in [0.15, 0.2) is 0 Å². The minimum atomic E-state index is -1.46. The van der Waals surface area contributed by atoms with E-state index < -0.39 is 23.2 Å². The molecule has 3 N–H and O–H groups in total. The van der Waals surface area contributed by atoms with Gasteiger partial charge in [-0.25, -0.2) is 4.79 Å². The van der Waals surface area contributed by atoms with Crippen molar-refractivity contribution in [1.29, 1.82) is 0 Å². The van der Waals surface area contributed by atoms with Crippen LogP contribution in [-0.4, -0.2) is 40.5 Å².